The molecular weight excluding hydrogens is 370 g/mol. The minimum absolute atomic E-state index is 0.722. The lowest BCUT2D eigenvalue weighted by Crippen LogP contribution is -2.36. The van der Waals surface area contributed by atoms with Crippen LogP contribution >= 0.6 is 0 Å². The maximum absolute atomic E-state index is 7.00. The molecule has 0 spiro atoms. The standard InChI is InChI=1S/C14H22.C12H23NO.CH4O/c1-3-4-8-13(2)9-7-12-14-10-5-6-11-14;1-12(2)6-4-3-5-7-13-8-10-14-11-9-13;1-2/h7,12-14H,5-6,8-11H2,1-2H3;6H,3-5,7-11H2,1-2H3;2H,1H3/b12-7+;;. The van der Waals surface area contributed by atoms with Gasteiger partial charge in [0.1, 0.15) is 0 Å². The van der Waals surface area contributed by atoms with E-state index in [9.17, 15) is 0 Å². The van der Waals surface area contributed by atoms with E-state index in [4.69, 9.17) is 9.84 Å². The molecule has 1 unspecified atom stereocenters. The Labute approximate surface area is 188 Å². The number of ether oxygens (including phenoxy) is 1. The number of aliphatic hydroxyl groups excluding tert-OH is 1. The van der Waals surface area contributed by atoms with Gasteiger partial charge in [-0.25, -0.2) is 0 Å². The number of nitrogens with zero attached hydrogens (tertiary/aromatic N) is 1. The van der Waals surface area contributed by atoms with Gasteiger partial charge in [-0.2, -0.15) is 0 Å². The van der Waals surface area contributed by atoms with Crippen molar-refractivity contribution in [3.05, 3.63) is 23.8 Å². The molecule has 3 nitrogen and oxygen atoms in total. The SMILES string of the molecule is CC#CCC(C)C/C=C/C1CCCC1.CC(C)=CCCCCN1CCOCC1.CO. The molecule has 0 amide bonds. The van der Waals surface area contributed by atoms with Crippen LogP contribution in [0.1, 0.15) is 85.5 Å². The molecule has 1 saturated carbocycles. The molecule has 0 aromatic rings. The molecule has 174 valence electrons. The molecule has 2 rings (SSSR count). The third-order valence-corrected chi connectivity index (χ3v) is 5.56. The summed E-state index contributed by atoms with van der Waals surface area (Å²) in [6, 6.07) is 0. The van der Waals surface area contributed by atoms with Crippen LogP contribution in [0.5, 0.6) is 0 Å². The zero-order valence-corrected chi connectivity index (χ0v) is 20.6. The van der Waals surface area contributed by atoms with E-state index in [1.165, 1.54) is 63.5 Å². The number of allylic oxidation sites excluding steroid dienone is 4. The van der Waals surface area contributed by atoms with Crippen molar-refractivity contribution in [2.24, 2.45) is 11.8 Å². The largest absolute Gasteiger partial charge is 0.400 e. The van der Waals surface area contributed by atoms with E-state index in [-0.39, 0.29) is 0 Å². The molecule has 1 saturated heterocycles. The van der Waals surface area contributed by atoms with Gasteiger partial charge in [-0.05, 0) is 77.7 Å². The summed E-state index contributed by atoms with van der Waals surface area (Å²) in [6.07, 6.45) is 19.0. The maximum Gasteiger partial charge on any atom is 0.0594 e. The molecule has 0 bridgehead atoms. The Kier molecular flexibility index (Phi) is 20.4. The first-order valence-electron chi connectivity index (χ1n) is 12.1. The van der Waals surface area contributed by atoms with Crippen molar-refractivity contribution in [1.82, 2.24) is 4.90 Å². The van der Waals surface area contributed by atoms with Crippen molar-refractivity contribution in [2.45, 2.75) is 85.5 Å². The molecule has 2 aliphatic rings. The van der Waals surface area contributed by atoms with E-state index in [0.29, 0.717) is 0 Å². The van der Waals surface area contributed by atoms with Gasteiger partial charge in [0.05, 0.1) is 13.2 Å². The van der Waals surface area contributed by atoms with E-state index in [0.717, 1.165) is 51.7 Å². The number of rotatable bonds is 9. The van der Waals surface area contributed by atoms with Crippen LogP contribution in [0.15, 0.2) is 23.8 Å². The lowest BCUT2D eigenvalue weighted by molar-refractivity contribution is 0.0372. The summed E-state index contributed by atoms with van der Waals surface area (Å²) in [5.41, 5.74) is 1.44. The molecule has 1 aliphatic heterocycles. The van der Waals surface area contributed by atoms with E-state index in [1.54, 1.807) is 0 Å². The fourth-order valence-electron chi connectivity index (χ4n) is 3.71. The maximum atomic E-state index is 7.00. The van der Waals surface area contributed by atoms with Gasteiger partial charge >= 0.3 is 0 Å². The third-order valence-electron chi connectivity index (χ3n) is 5.56. The first-order valence-corrected chi connectivity index (χ1v) is 12.1. The van der Waals surface area contributed by atoms with Crippen LogP contribution in [-0.4, -0.2) is 50.0 Å². The molecule has 1 aliphatic carbocycles. The molecule has 0 radical (unpaired) electrons. The summed E-state index contributed by atoms with van der Waals surface area (Å²) < 4.78 is 5.31. The van der Waals surface area contributed by atoms with Gasteiger partial charge in [-0.15, -0.1) is 11.8 Å². The highest BCUT2D eigenvalue weighted by Gasteiger charge is 2.11. The average molecular weight is 420 g/mol. The fourth-order valence-corrected chi connectivity index (χ4v) is 3.71. The van der Waals surface area contributed by atoms with Crippen LogP contribution in [0.25, 0.3) is 0 Å². The van der Waals surface area contributed by atoms with E-state index in [1.807, 2.05) is 6.92 Å². The summed E-state index contributed by atoms with van der Waals surface area (Å²) in [5.74, 6) is 7.71. The van der Waals surface area contributed by atoms with Crippen molar-refractivity contribution < 1.29 is 9.84 Å². The van der Waals surface area contributed by atoms with E-state index in [2.05, 4.69) is 55.7 Å². The lowest BCUT2D eigenvalue weighted by atomic mass is 10.0. The normalized spacial score (nSPS) is 17.8. The van der Waals surface area contributed by atoms with Crippen molar-refractivity contribution in [3.8, 4) is 11.8 Å². The van der Waals surface area contributed by atoms with E-state index >= 15 is 0 Å². The second kappa shape index (κ2) is 21.2. The van der Waals surface area contributed by atoms with Crippen LogP contribution in [0, 0.1) is 23.7 Å². The number of hydrogen-bond donors (Lipinski definition) is 1. The smallest absolute Gasteiger partial charge is 0.0594 e. The molecule has 30 heavy (non-hydrogen) atoms. The zero-order chi connectivity index (χ0) is 22.5. The van der Waals surface area contributed by atoms with Gasteiger partial charge in [-0.3, -0.25) is 4.90 Å². The van der Waals surface area contributed by atoms with Gasteiger partial charge in [0.15, 0.2) is 0 Å². The highest BCUT2D eigenvalue weighted by molar-refractivity contribution is 4.98. The molecule has 1 atom stereocenters. The first-order chi connectivity index (χ1) is 14.6. The molecular formula is C27H49NO2. The summed E-state index contributed by atoms with van der Waals surface area (Å²) >= 11 is 0. The van der Waals surface area contributed by atoms with E-state index < -0.39 is 0 Å². The highest BCUT2D eigenvalue weighted by Crippen LogP contribution is 2.26. The van der Waals surface area contributed by atoms with Gasteiger partial charge < -0.3 is 9.84 Å². The monoisotopic (exact) mass is 419 g/mol. The van der Waals surface area contributed by atoms with Gasteiger partial charge in [0.25, 0.3) is 0 Å². The number of morpholine rings is 1. The Bertz CT molecular complexity index is 485. The molecule has 1 heterocycles. The lowest BCUT2D eigenvalue weighted by Gasteiger charge is -2.26. The third kappa shape index (κ3) is 17.8. The number of aliphatic hydroxyl groups is 1. The fraction of sp³-hybridized carbons (Fsp3) is 0.778. The van der Waals surface area contributed by atoms with Crippen LogP contribution in [0.3, 0.4) is 0 Å². The quantitative estimate of drug-likeness (QED) is 0.273. The number of unbranched alkanes of at least 4 members (excludes halogenated alkanes) is 2. The molecule has 3 heteroatoms. The van der Waals surface area contributed by atoms with Crippen molar-refractivity contribution in [2.75, 3.05) is 40.0 Å². The predicted octanol–water partition coefficient (Wildman–Crippen LogP) is 6.24. The zero-order valence-electron chi connectivity index (χ0n) is 20.6. The summed E-state index contributed by atoms with van der Waals surface area (Å²) in [4.78, 5) is 2.51. The van der Waals surface area contributed by atoms with Gasteiger partial charge in [0.2, 0.25) is 0 Å². The Morgan fingerprint density at radius 1 is 1.13 bits per heavy atom. The topological polar surface area (TPSA) is 32.7 Å². The second-order valence-electron chi connectivity index (χ2n) is 8.68. The van der Waals surface area contributed by atoms with Crippen molar-refractivity contribution in [3.63, 3.8) is 0 Å². The Hall–Kier alpha value is -1.08. The summed E-state index contributed by atoms with van der Waals surface area (Å²) in [7, 11) is 1.00. The minimum Gasteiger partial charge on any atom is -0.400 e. The Balaban J connectivity index is 0.000000518. The molecule has 0 aromatic heterocycles. The minimum atomic E-state index is 0.722. The highest BCUT2D eigenvalue weighted by atomic mass is 16.5. The second-order valence-corrected chi connectivity index (χ2v) is 8.68. The van der Waals surface area contributed by atoms with Crippen molar-refractivity contribution >= 4 is 0 Å². The predicted molar refractivity (Wildman–Crippen MR) is 132 cm³/mol. The van der Waals surface area contributed by atoms with Crippen LogP contribution in [-0.2, 0) is 4.74 Å². The first kappa shape index (κ1) is 28.9. The Morgan fingerprint density at radius 2 is 1.80 bits per heavy atom. The summed E-state index contributed by atoms with van der Waals surface area (Å²) in [5, 5.41) is 7.00. The van der Waals surface area contributed by atoms with Crippen molar-refractivity contribution in [1.29, 1.82) is 0 Å². The van der Waals surface area contributed by atoms with Crippen LogP contribution in [0.4, 0.5) is 0 Å². The Morgan fingerprint density at radius 3 is 2.40 bits per heavy atom. The average Bonchev–Trinajstić information content (AvgIpc) is 3.28. The number of hydrogen-bond acceptors (Lipinski definition) is 3. The van der Waals surface area contributed by atoms with Crippen LogP contribution in [0.2, 0.25) is 0 Å². The van der Waals surface area contributed by atoms with Crippen LogP contribution < -0.4 is 0 Å². The van der Waals surface area contributed by atoms with Gasteiger partial charge in [0, 0.05) is 26.6 Å². The molecule has 2 fully saturated rings. The van der Waals surface area contributed by atoms with Gasteiger partial charge in [-0.1, -0.05) is 43.6 Å². The molecule has 1 N–H and O–H groups in total. The summed E-state index contributed by atoms with van der Waals surface area (Å²) in [6.45, 7) is 13.9. The molecule has 0 aromatic carbocycles.